The Morgan fingerprint density at radius 1 is 1.06 bits per heavy atom. The molecular weight excluding hydrogens is 410 g/mol. The van der Waals surface area contributed by atoms with Crippen LogP contribution >= 0.6 is 0 Å². The topological polar surface area (TPSA) is 85.3 Å². The lowest BCUT2D eigenvalue weighted by atomic mass is 10.0. The number of rotatable bonds is 9. The van der Waals surface area contributed by atoms with Crippen molar-refractivity contribution in [1.29, 1.82) is 0 Å². The van der Waals surface area contributed by atoms with E-state index in [9.17, 15) is 14.7 Å². The van der Waals surface area contributed by atoms with E-state index in [1.807, 2.05) is 60.7 Å². The van der Waals surface area contributed by atoms with Crippen LogP contribution in [0.4, 0.5) is 4.79 Å². The first kappa shape index (κ1) is 23.8. The number of ether oxygens (including phenoxy) is 3. The molecule has 1 N–H and O–H groups in total. The quantitative estimate of drug-likeness (QED) is 0.598. The molecule has 0 bridgehead atoms. The van der Waals surface area contributed by atoms with E-state index < -0.39 is 35.9 Å². The highest BCUT2D eigenvalue weighted by Crippen LogP contribution is 2.27. The van der Waals surface area contributed by atoms with Gasteiger partial charge in [0.15, 0.2) is 6.10 Å². The number of cyclic esters (lactones) is 1. The van der Waals surface area contributed by atoms with Gasteiger partial charge in [-0.15, -0.1) is 0 Å². The summed E-state index contributed by atoms with van der Waals surface area (Å²) in [6.45, 7) is 6.11. The van der Waals surface area contributed by atoms with E-state index in [1.165, 1.54) is 0 Å². The van der Waals surface area contributed by atoms with Crippen LogP contribution in [-0.4, -0.2) is 52.5 Å². The molecule has 3 rings (SSSR count). The number of carbonyl (C=O) groups is 2. The predicted molar refractivity (Wildman–Crippen MR) is 119 cm³/mol. The lowest BCUT2D eigenvalue weighted by molar-refractivity contribution is -0.158. The van der Waals surface area contributed by atoms with Gasteiger partial charge in [0, 0.05) is 6.54 Å². The van der Waals surface area contributed by atoms with Crippen LogP contribution in [0, 0.1) is 0 Å². The SMILES string of the molecule is CC(C)(C)OC(=O)C[C@@H](O)[C@H]1OC(=O)N(Cc2ccccc2)[C@H]1COCc1ccccc1. The maximum atomic E-state index is 12.7. The largest absolute Gasteiger partial charge is 0.460 e. The Morgan fingerprint density at radius 3 is 2.25 bits per heavy atom. The van der Waals surface area contributed by atoms with Gasteiger partial charge in [-0.1, -0.05) is 60.7 Å². The van der Waals surface area contributed by atoms with Crippen molar-refractivity contribution < 1.29 is 28.9 Å². The fraction of sp³-hybridized carbons (Fsp3) is 0.440. The maximum Gasteiger partial charge on any atom is 0.410 e. The summed E-state index contributed by atoms with van der Waals surface area (Å²) in [5, 5.41) is 10.7. The Bertz CT molecular complexity index is 880. The standard InChI is InChI=1S/C25H31NO6/c1-25(2,3)32-22(28)14-21(27)23-20(17-30-16-19-12-8-5-9-13-19)26(24(29)31-23)15-18-10-6-4-7-11-18/h4-13,20-21,23,27H,14-17H2,1-3H3/t20-,21+,23-/m0/s1. The number of nitrogens with zero attached hydrogens (tertiary/aromatic N) is 1. The fourth-order valence-electron chi connectivity index (χ4n) is 3.60. The Labute approximate surface area is 188 Å². The van der Waals surface area contributed by atoms with E-state index in [-0.39, 0.29) is 13.0 Å². The van der Waals surface area contributed by atoms with Crippen LogP contribution < -0.4 is 0 Å². The minimum Gasteiger partial charge on any atom is -0.460 e. The lowest BCUT2D eigenvalue weighted by Gasteiger charge is -2.27. The molecule has 7 heteroatoms. The zero-order chi connectivity index (χ0) is 23.1. The molecule has 1 saturated heterocycles. The van der Waals surface area contributed by atoms with Crippen LogP contribution in [0.3, 0.4) is 0 Å². The molecule has 0 unspecified atom stereocenters. The van der Waals surface area contributed by atoms with Gasteiger partial charge in [0.05, 0.1) is 25.7 Å². The van der Waals surface area contributed by atoms with Crippen LogP contribution in [0.25, 0.3) is 0 Å². The minimum absolute atomic E-state index is 0.156. The van der Waals surface area contributed by atoms with Gasteiger partial charge in [-0.25, -0.2) is 4.79 Å². The zero-order valence-corrected chi connectivity index (χ0v) is 18.8. The highest BCUT2D eigenvalue weighted by atomic mass is 16.6. The first-order chi connectivity index (χ1) is 15.2. The molecular formula is C25H31NO6. The molecule has 2 aromatic rings. The summed E-state index contributed by atoms with van der Waals surface area (Å²) in [7, 11) is 0. The summed E-state index contributed by atoms with van der Waals surface area (Å²) >= 11 is 0. The predicted octanol–water partition coefficient (Wildman–Crippen LogP) is 3.69. The van der Waals surface area contributed by atoms with Crippen molar-refractivity contribution in [1.82, 2.24) is 4.90 Å². The molecule has 172 valence electrons. The van der Waals surface area contributed by atoms with Crippen molar-refractivity contribution in [3.63, 3.8) is 0 Å². The number of benzene rings is 2. The van der Waals surface area contributed by atoms with E-state index >= 15 is 0 Å². The molecule has 1 heterocycles. The molecule has 1 aliphatic rings. The second-order valence-corrected chi connectivity index (χ2v) is 8.89. The van der Waals surface area contributed by atoms with Crippen LogP contribution in [0.15, 0.2) is 60.7 Å². The van der Waals surface area contributed by atoms with Crippen molar-refractivity contribution in [2.45, 2.75) is 64.2 Å². The Kier molecular flexibility index (Phi) is 7.88. The highest BCUT2D eigenvalue weighted by Gasteiger charge is 2.46. The summed E-state index contributed by atoms with van der Waals surface area (Å²) < 4.78 is 16.7. The third kappa shape index (κ3) is 6.80. The molecule has 1 fully saturated rings. The summed E-state index contributed by atoms with van der Waals surface area (Å²) in [5.74, 6) is -0.550. The van der Waals surface area contributed by atoms with Crippen molar-refractivity contribution in [3.05, 3.63) is 71.8 Å². The van der Waals surface area contributed by atoms with E-state index in [2.05, 4.69) is 0 Å². The molecule has 1 amide bonds. The smallest absolute Gasteiger partial charge is 0.410 e. The number of esters is 1. The number of aliphatic hydroxyl groups excluding tert-OH is 1. The van der Waals surface area contributed by atoms with Crippen molar-refractivity contribution >= 4 is 12.1 Å². The normalized spacial score (nSPS) is 19.5. The molecule has 0 aliphatic carbocycles. The molecule has 2 aromatic carbocycles. The second-order valence-electron chi connectivity index (χ2n) is 8.89. The van der Waals surface area contributed by atoms with Gasteiger partial charge in [-0.05, 0) is 31.9 Å². The average molecular weight is 442 g/mol. The van der Waals surface area contributed by atoms with Crippen LogP contribution in [-0.2, 0) is 32.2 Å². The monoisotopic (exact) mass is 441 g/mol. The van der Waals surface area contributed by atoms with Crippen molar-refractivity contribution in [3.8, 4) is 0 Å². The Hall–Kier alpha value is -2.90. The summed E-state index contributed by atoms with van der Waals surface area (Å²) in [5.41, 5.74) is 1.26. The zero-order valence-electron chi connectivity index (χ0n) is 18.8. The van der Waals surface area contributed by atoms with E-state index in [0.29, 0.717) is 13.2 Å². The fourth-order valence-corrected chi connectivity index (χ4v) is 3.60. The van der Waals surface area contributed by atoms with Gasteiger partial charge in [-0.2, -0.15) is 0 Å². The molecule has 3 atom stereocenters. The number of amides is 1. The van der Waals surface area contributed by atoms with Crippen LogP contribution in [0.5, 0.6) is 0 Å². The first-order valence-corrected chi connectivity index (χ1v) is 10.8. The molecule has 0 radical (unpaired) electrons. The number of hydrogen-bond donors (Lipinski definition) is 1. The van der Waals surface area contributed by atoms with Gasteiger partial charge < -0.3 is 19.3 Å². The summed E-state index contributed by atoms with van der Waals surface area (Å²) in [6.07, 6.45) is -2.94. The number of aliphatic hydroxyl groups is 1. The lowest BCUT2D eigenvalue weighted by Crippen LogP contribution is -2.45. The maximum absolute atomic E-state index is 12.7. The van der Waals surface area contributed by atoms with Gasteiger partial charge in [-0.3, -0.25) is 9.69 Å². The Balaban J connectivity index is 1.71. The molecule has 0 aromatic heterocycles. The molecule has 1 aliphatic heterocycles. The molecule has 32 heavy (non-hydrogen) atoms. The van der Waals surface area contributed by atoms with E-state index in [4.69, 9.17) is 14.2 Å². The third-order valence-corrected chi connectivity index (χ3v) is 5.02. The average Bonchev–Trinajstić information content (AvgIpc) is 3.04. The molecule has 0 spiro atoms. The van der Waals surface area contributed by atoms with Gasteiger partial charge in [0.25, 0.3) is 0 Å². The summed E-state index contributed by atoms with van der Waals surface area (Å²) in [6, 6.07) is 18.7. The second kappa shape index (κ2) is 10.6. The first-order valence-electron chi connectivity index (χ1n) is 10.8. The van der Waals surface area contributed by atoms with Gasteiger partial charge in [0.2, 0.25) is 0 Å². The Morgan fingerprint density at radius 2 is 1.66 bits per heavy atom. The van der Waals surface area contributed by atoms with Crippen LogP contribution in [0.2, 0.25) is 0 Å². The highest BCUT2D eigenvalue weighted by molar-refractivity contribution is 5.72. The van der Waals surface area contributed by atoms with Crippen molar-refractivity contribution in [2.75, 3.05) is 6.61 Å². The molecule has 0 saturated carbocycles. The van der Waals surface area contributed by atoms with Gasteiger partial charge >= 0.3 is 12.1 Å². The molecule has 7 nitrogen and oxygen atoms in total. The van der Waals surface area contributed by atoms with E-state index in [0.717, 1.165) is 11.1 Å². The van der Waals surface area contributed by atoms with Crippen LogP contribution in [0.1, 0.15) is 38.3 Å². The minimum atomic E-state index is -1.21. The summed E-state index contributed by atoms with van der Waals surface area (Å²) in [4.78, 5) is 26.4. The van der Waals surface area contributed by atoms with E-state index in [1.54, 1.807) is 25.7 Å². The van der Waals surface area contributed by atoms with Crippen molar-refractivity contribution in [2.24, 2.45) is 0 Å². The number of carbonyl (C=O) groups excluding carboxylic acids is 2. The van der Waals surface area contributed by atoms with Gasteiger partial charge in [0.1, 0.15) is 11.7 Å². The number of hydrogen-bond acceptors (Lipinski definition) is 6. The third-order valence-electron chi connectivity index (χ3n) is 5.02.